The van der Waals surface area contributed by atoms with E-state index in [0.29, 0.717) is 47.8 Å². The number of ether oxygens (including phenoxy) is 5. The molecule has 4 amide bonds. The topological polar surface area (TPSA) is 243 Å². The average molecular weight is 1010 g/mol. The van der Waals surface area contributed by atoms with Crippen LogP contribution in [-0.4, -0.2) is 104 Å². The van der Waals surface area contributed by atoms with E-state index in [-0.39, 0.29) is 40.5 Å². The number of carbonyl (C=O) groups is 5. The van der Waals surface area contributed by atoms with Crippen molar-refractivity contribution in [2.45, 2.75) is 103 Å². The number of hydroxylamine groups is 2. The number of benzene rings is 3. The average Bonchev–Trinajstić information content (AvgIpc) is 3.54. The van der Waals surface area contributed by atoms with Crippen LogP contribution < -0.4 is 30.2 Å². The largest absolute Gasteiger partial charge is 0.480 e. The molecule has 69 heavy (non-hydrogen) atoms. The Balaban J connectivity index is 0.000000248. The molecule has 0 bridgehead atoms. The number of esters is 1. The summed E-state index contributed by atoms with van der Waals surface area (Å²) in [6.45, 7) is 9.42. The van der Waals surface area contributed by atoms with Crippen molar-refractivity contribution >= 4 is 60.1 Å². The van der Waals surface area contributed by atoms with Crippen LogP contribution in [0.4, 0.5) is 20.6 Å². The summed E-state index contributed by atoms with van der Waals surface area (Å²) in [6, 6.07) is 13.7. The highest BCUT2D eigenvalue weighted by Gasteiger charge is 2.43. The minimum atomic E-state index is -3.10. The molecule has 1 aliphatic carbocycles. The normalized spacial score (nSPS) is 18.1. The van der Waals surface area contributed by atoms with Gasteiger partial charge in [0.1, 0.15) is 34.9 Å². The van der Waals surface area contributed by atoms with E-state index in [1.165, 1.54) is 26.9 Å². The van der Waals surface area contributed by atoms with Crippen molar-refractivity contribution in [1.82, 2.24) is 5.06 Å². The number of anilines is 2. The molecular formula is C48H63ClFN4O14P. The molecule has 0 fully saturated rings. The number of imide groups is 1. The second-order valence-electron chi connectivity index (χ2n) is 17.5. The fourth-order valence-electron chi connectivity index (χ4n) is 7.49. The number of nitrogens with two attached hydrogens (primary N) is 1. The van der Waals surface area contributed by atoms with Crippen molar-refractivity contribution in [2.24, 2.45) is 5.73 Å². The molecular weight excluding hydrogens is 942 g/mol. The third-order valence-electron chi connectivity index (χ3n) is 11.3. The summed E-state index contributed by atoms with van der Waals surface area (Å²) in [7, 11) is 1.51. The highest BCUT2D eigenvalue weighted by atomic mass is 35.5. The lowest BCUT2D eigenvalue weighted by Gasteiger charge is -2.43. The first-order valence-corrected chi connectivity index (χ1v) is 25.0. The second-order valence-corrected chi connectivity index (χ2v) is 20.4. The minimum Gasteiger partial charge on any atom is -0.480 e. The second kappa shape index (κ2) is 24.8. The zero-order valence-corrected chi connectivity index (χ0v) is 41.9. The van der Waals surface area contributed by atoms with Crippen LogP contribution >= 0.6 is 19.0 Å². The number of carbonyl (C=O) groups excluding carboxylic acids is 4. The fraction of sp³-hybridized carbons (Fsp3) is 0.479. The first kappa shape index (κ1) is 56.0. The standard InChI is InChI=1S/C22H28N2O5.C21H23ClFNO5.C5H12NO4P/c1-21(2)14-22(3,26-5)29-19-13-17(11-12-18(19)21)28-16-9-7-15(8-10-16)23-20(25)24(4)27-6;1-2-3-6-9-28-19(25)12-29-18-11-17(16(23)10-15(18)22)24-20(26)13-7-4-5-8-14(13)21(24)27;1-11(9,10)3-2-4(6)5(7)8/h7-13H,14H2,1-6H3,(H,23,25);10-11H,2-9,12H2,1H3;4H,2-3,6H2,1H3,(H,7,8)(H,9,10). The molecule has 6 rings (SSSR count). The molecule has 3 aromatic rings. The predicted octanol–water partition coefficient (Wildman–Crippen LogP) is 8.95. The van der Waals surface area contributed by atoms with Gasteiger partial charge in [0.15, 0.2) is 14.0 Å². The SMILES string of the molecule is CCCCCOC(=O)COc1cc(N2C(=O)C3=C(CCCC3)C2=O)c(F)cc1Cl.CON(C)C(=O)Nc1ccc(Oc2ccc3c(c2)OC(C)(OC)CC3(C)C)cc1.CP(=O)(O)CCC(N)C(=O)O. The molecule has 5 N–H and O–H groups in total. The number of urea groups is 1. The lowest BCUT2D eigenvalue weighted by molar-refractivity contribution is -0.172. The van der Waals surface area contributed by atoms with Crippen molar-refractivity contribution in [3.63, 3.8) is 0 Å². The zero-order chi connectivity index (χ0) is 51.3. The highest BCUT2D eigenvalue weighted by molar-refractivity contribution is 7.57. The molecule has 2 heterocycles. The van der Waals surface area contributed by atoms with Gasteiger partial charge in [0.2, 0.25) is 5.79 Å². The first-order chi connectivity index (χ1) is 32.4. The van der Waals surface area contributed by atoms with E-state index in [1.54, 1.807) is 31.4 Å². The number of amides is 4. The maximum absolute atomic E-state index is 14.5. The van der Waals surface area contributed by atoms with E-state index >= 15 is 0 Å². The molecule has 378 valence electrons. The Morgan fingerprint density at radius 2 is 1.62 bits per heavy atom. The Kier molecular flexibility index (Phi) is 20.2. The van der Waals surface area contributed by atoms with Crippen molar-refractivity contribution in [1.29, 1.82) is 0 Å². The van der Waals surface area contributed by atoms with Gasteiger partial charge in [0.05, 0.1) is 24.4 Å². The van der Waals surface area contributed by atoms with Crippen LogP contribution in [0.25, 0.3) is 0 Å². The molecule has 2 aliphatic heterocycles. The molecule has 0 spiro atoms. The van der Waals surface area contributed by atoms with Crippen molar-refractivity contribution in [3.05, 3.63) is 82.1 Å². The smallest absolute Gasteiger partial charge is 0.345 e. The number of methoxy groups -OCH3 is 1. The Bertz CT molecular complexity index is 2380. The number of rotatable bonds is 17. The monoisotopic (exact) mass is 1000 g/mol. The van der Waals surface area contributed by atoms with Gasteiger partial charge in [-0.25, -0.2) is 23.9 Å². The summed E-state index contributed by atoms with van der Waals surface area (Å²) >= 11 is 6.02. The lowest BCUT2D eigenvalue weighted by atomic mass is 9.76. The van der Waals surface area contributed by atoms with E-state index in [1.807, 2.05) is 32.0 Å². The summed E-state index contributed by atoms with van der Waals surface area (Å²) < 4.78 is 53.3. The van der Waals surface area contributed by atoms with Crippen LogP contribution in [0.2, 0.25) is 5.02 Å². The minimum absolute atomic E-state index is 0.000883. The van der Waals surface area contributed by atoms with Gasteiger partial charge in [0, 0.05) is 74.9 Å². The molecule has 21 heteroatoms. The number of nitrogens with zero attached hydrogens (tertiary/aromatic N) is 2. The van der Waals surface area contributed by atoms with Gasteiger partial charge >= 0.3 is 18.0 Å². The molecule has 0 saturated carbocycles. The molecule has 3 unspecified atom stereocenters. The third kappa shape index (κ3) is 16.0. The molecule has 3 aromatic carbocycles. The van der Waals surface area contributed by atoms with Crippen LogP contribution in [0.1, 0.15) is 91.0 Å². The quantitative estimate of drug-likeness (QED) is 0.0324. The van der Waals surface area contributed by atoms with Crippen molar-refractivity contribution in [3.8, 4) is 23.0 Å². The van der Waals surface area contributed by atoms with Gasteiger partial charge in [-0.1, -0.05) is 51.3 Å². The Morgan fingerprint density at radius 3 is 2.19 bits per heavy atom. The van der Waals surface area contributed by atoms with Gasteiger partial charge in [-0.3, -0.25) is 23.8 Å². The number of nitrogens with one attached hydrogen (secondary N) is 1. The van der Waals surface area contributed by atoms with E-state index in [9.17, 15) is 32.9 Å². The van der Waals surface area contributed by atoms with Crippen molar-refractivity contribution < 1.29 is 71.4 Å². The number of unbranched alkanes of at least 4 members (excludes halogenated alkanes) is 2. The van der Waals surface area contributed by atoms with Crippen LogP contribution in [0, 0.1) is 5.82 Å². The van der Waals surface area contributed by atoms with E-state index in [2.05, 4.69) is 19.2 Å². The number of aliphatic carboxylic acids is 1. The summed E-state index contributed by atoms with van der Waals surface area (Å²) in [5.74, 6) is -2.15. The highest BCUT2D eigenvalue weighted by Crippen LogP contribution is 2.47. The number of carboxylic acid groups (broad SMARTS) is 1. The summed E-state index contributed by atoms with van der Waals surface area (Å²) in [5.41, 5.74) is 7.45. The third-order valence-corrected chi connectivity index (χ3v) is 12.6. The molecule has 18 nitrogen and oxygen atoms in total. The number of fused-ring (bicyclic) bond motifs is 1. The molecule has 0 radical (unpaired) electrons. The summed E-state index contributed by atoms with van der Waals surface area (Å²) in [4.78, 5) is 73.5. The van der Waals surface area contributed by atoms with Crippen LogP contribution in [-0.2, 0) is 43.5 Å². The number of hydrogen-bond acceptors (Lipinski definition) is 13. The predicted molar refractivity (Wildman–Crippen MR) is 257 cm³/mol. The fourth-order valence-corrected chi connectivity index (χ4v) is 8.46. The number of hydrogen-bond donors (Lipinski definition) is 4. The van der Waals surface area contributed by atoms with E-state index in [4.69, 9.17) is 55.9 Å². The summed E-state index contributed by atoms with van der Waals surface area (Å²) in [6.07, 6.45) is 6.16. The number of halogens is 2. The Hall–Kier alpha value is -5.56. The number of carboxylic acids is 1. The first-order valence-electron chi connectivity index (χ1n) is 22.3. The molecule has 0 saturated heterocycles. The van der Waals surface area contributed by atoms with E-state index < -0.39 is 55.4 Å². The van der Waals surface area contributed by atoms with Crippen LogP contribution in [0.15, 0.2) is 65.7 Å². The maximum atomic E-state index is 14.5. The maximum Gasteiger partial charge on any atom is 0.345 e. The van der Waals surface area contributed by atoms with Gasteiger partial charge in [-0.15, -0.1) is 0 Å². The van der Waals surface area contributed by atoms with E-state index in [0.717, 1.165) is 65.9 Å². The summed E-state index contributed by atoms with van der Waals surface area (Å²) in [5, 5.41) is 12.0. The molecule has 0 aromatic heterocycles. The Morgan fingerprint density at radius 1 is 1.00 bits per heavy atom. The zero-order valence-electron chi connectivity index (χ0n) is 40.2. The van der Waals surface area contributed by atoms with Crippen molar-refractivity contribution in [2.75, 3.05) is 57.5 Å². The van der Waals surface area contributed by atoms with Crippen LogP contribution in [0.3, 0.4) is 0 Å². The van der Waals surface area contributed by atoms with Gasteiger partial charge in [-0.05, 0) is 80.3 Å². The van der Waals surface area contributed by atoms with Crippen LogP contribution in [0.5, 0.6) is 23.0 Å². The lowest BCUT2D eigenvalue weighted by Crippen LogP contribution is -2.45. The van der Waals surface area contributed by atoms with Gasteiger partial charge in [-0.2, -0.15) is 0 Å². The van der Waals surface area contributed by atoms with Gasteiger partial charge < -0.3 is 44.7 Å². The Labute approximate surface area is 406 Å². The molecule has 3 aliphatic rings. The molecule has 3 atom stereocenters. The van der Waals surface area contributed by atoms with Gasteiger partial charge in [0.25, 0.3) is 11.8 Å².